The van der Waals surface area contributed by atoms with E-state index in [1.54, 1.807) is 24.3 Å². The summed E-state index contributed by atoms with van der Waals surface area (Å²) in [7, 11) is 0. The van der Waals surface area contributed by atoms with Crippen LogP contribution in [0.15, 0.2) is 48.5 Å². The van der Waals surface area contributed by atoms with Gasteiger partial charge in [-0.25, -0.2) is 4.79 Å². The van der Waals surface area contributed by atoms with Crippen LogP contribution in [0.1, 0.15) is 27.0 Å². The summed E-state index contributed by atoms with van der Waals surface area (Å²) in [6, 6.07) is 14.2. The lowest BCUT2D eigenvalue weighted by Gasteiger charge is -2.06. The fraction of sp³-hybridized carbons (Fsp3) is 0.188. The van der Waals surface area contributed by atoms with Gasteiger partial charge in [0.05, 0.1) is 25.4 Å². The molecule has 0 spiro atoms. The first-order valence-corrected chi connectivity index (χ1v) is 6.27. The summed E-state index contributed by atoms with van der Waals surface area (Å²) in [5.74, 6) is -0.929. The van der Waals surface area contributed by atoms with Gasteiger partial charge in [-0.2, -0.15) is 0 Å². The minimum Gasteiger partial charge on any atom is -0.478 e. The van der Waals surface area contributed by atoms with E-state index in [2.05, 4.69) is 0 Å². The van der Waals surface area contributed by atoms with Crippen LogP contribution in [0.3, 0.4) is 0 Å². The molecule has 0 radical (unpaired) electrons. The molecule has 0 fully saturated rings. The number of hydrogen-bond acceptors (Lipinski definition) is 3. The number of hydrogen-bond donors (Lipinski definition) is 2. The molecule has 0 aliphatic rings. The summed E-state index contributed by atoms with van der Waals surface area (Å²) in [4.78, 5) is 10.7. The molecular formula is C16H16O4. The average molecular weight is 272 g/mol. The van der Waals surface area contributed by atoms with Gasteiger partial charge in [-0.15, -0.1) is 0 Å². The van der Waals surface area contributed by atoms with E-state index in [9.17, 15) is 4.79 Å². The summed E-state index contributed by atoms with van der Waals surface area (Å²) in [5, 5.41) is 17.7. The highest BCUT2D eigenvalue weighted by Crippen LogP contribution is 2.09. The largest absolute Gasteiger partial charge is 0.478 e. The second-order valence-corrected chi connectivity index (χ2v) is 4.47. The van der Waals surface area contributed by atoms with Crippen LogP contribution >= 0.6 is 0 Å². The number of ether oxygens (including phenoxy) is 1. The van der Waals surface area contributed by atoms with Crippen molar-refractivity contribution in [3.05, 3.63) is 70.8 Å². The smallest absolute Gasteiger partial charge is 0.335 e. The Balaban J connectivity index is 1.84. The molecule has 2 aromatic rings. The number of carboxylic acid groups (broad SMARTS) is 1. The monoisotopic (exact) mass is 272 g/mol. The van der Waals surface area contributed by atoms with E-state index in [0.717, 1.165) is 16.7 Å². The zero-order valence-corrected chi connectivity index (χ0v) is 11.0. The van der Waals surface area contributed by atoms with Crippen molar-refractivity contribution in [1.82, 2.24) is 0 Å². The minimum atomic E-state index is -0.929. The Labute approximate surface area is 117 Å². The Bertz CT molecular complexity index is 558. The molecule has 4 heteroatoms. The van der Waals surface area contributed by atoms with Crippen LogP contribution in [0.5, 0.6) is 0 Å². The van der Waals surface area contributed by atoms with E-state index >= 15 is 0 Å². The first kappa shape index (κ1) is 14.2. The van der Waals surface area contributed by atoms with Crippen LogP contribution in [0.2, 0.25) is 0 Å². The van der Waals surface area contributed by atoms with Crippen molar-refractivity contribution in [1.29, 1.82) is 0 Å². The number of rotatable bonds is 6. The molecule has 0 aromatic heterocycles. The van der Waals surface area contributed by atoms with Crippen LogP contribution in [-0.4, -0.2) is 16.2 Å². The molecule has 4 nitrogen and oxygen atoms in total. The lowest BCUT2D eigenvalue weighted by atomic mass is 10.1. The van der Waals surface area contributed by atoms with Gasteiger partial charge in [0, 0.05) is 0 Å². The number of carboxylic acids is 1. The van der Waals surface area contributed by atoms with Crippen LogP contribution < -0.4 is 0 Å². The molecule has 2 rings (SSSR count). The standard InChI is InChI=1S/C16H16O4/c17-9-12-1-3-13(4-2-12)10-20-11-14-5-7-15(8-6-14)16(18)19/h1-8,17H,9-11H2,(H,18,19). The average Bonchev–Trinajstić information content (AvgIpc) is 2.48. The SMILES string of the molecule is O=C(O)c1ccc(COCc2ccc(CO)cc2)cc1. The van der Waals surface area contributed by atoms with Gasteiger partial charge < -0.3 is 14.9 Å². The molecule has 2 aromatic carbocycles. The molecule has 104 valence electrons. The first-order valence-electron chi connectivity index (χ1n) is 6.27. The van der Waals surface area contributed by atoms with Crippen molar-refractivity contribution in [2.45, 2.75) is 19.8 Å². The van der Waals surface area contributed by atoms with Crippen molar-refractivity contribution in [2.24, 2.45) is 0 Å². The van der Waals surface area contributed by atoms with Gasteiger partial charge in [-0.3, -0.25) is 0 Å². The van der Waals surface area contributed by atoms with Crippen molar-refractivity contribution in [2.75, 3.05) is 0 Å². The second kappa shape index (κ2) is 6.84. The number of aromatic carboxylic acids is 1. The molecule has 2 N–H and O–H groups in total. The summed E-state index contributed by atoms with van der Waals surface area (Å²) < 4.78 is 5.57. The summed E-state index contributed by atoms with van der Waals surface area (Å²) in [5.41, 5.74) is 3.11. The predicted molar refractivity (Wildman–Crippen MR) is 74.3 cm³/mol. The Kier molecular flexibility index (Phi) is 4.87. The van der Waals surface area contributed by atoms with E-state index in [4.69, 9.17) is 14.9 Å². The molecule has 0 amide bonds. The number of aliphatic hydroxyl groups is 1. The molecule has 20 heavy (non-hydrogen) atoms. The molecule has 0 saturated heterocycles. The first-order chi connectivity index (χ1) is 9.69. The molecule has 0 aliphatic heterocycles. The summed E-state index contributed by atoms with van der Waals surface area (Å²) in [6.07, 6.45) is 0. The minimum absolute atomic E-state index is 0.0388. The normalized spacial score (nSPS) is 10.4. The molecular weight excluding hydrogens is 256 g/mol. The van der Waals surface area contributed by atoms with Crippen molar-refractivity contribution < 1.29 is 19.7 Å². The zero-order chi connectivity index (χ0) is 14.4. The van der Waals surface area contributed by atoms with Crippen LogP contribution in [0.4, 0.5) is 0 Å². The Hall–Kier alpha value is -2.17. The van der Waals surface area contributed by atoms with E-state index in [-0.39, 0.29) is 12.2 Å². The quantitative estimate of drug-likeness (QED) is 0.848. The van der Waals surface area contributed by atoms with Crippen LogP contribution in [0.25, 0.3) is 0 Å². The molecule has 0 atom stereocenters. The van der Waals surface area contributed by atoms with E-state index in [0.29, 0.717) is 13.2 Å². The predicted octanol–water partition coefficient (Wildman–Crippen LogP) is 2.59. The highest BCUT2D eigenvalue weighted by molar-refractivity contribution is 5.87. The zero-order valence-electron chi connectivity index (χ0n) is 11.0. The molecule has 0 bridgehead atoms. The Morgan fingerprint density at radius 1 is 0.850 bits per heavy atom. The van der Waals surface area contributed by atoms with Crippen LogP contribution in [0, 0.1) is 0 Å². The third-order valence-corrected chi connectivity index (χ3v) is 2.94. The van der Waals surface area contributed by atoms with E-state index in [1.807, 2.05) is 24.3 Å². The van der Waals surface area contributed by atoms with Crippen molar-refractivity contribution >= 4 is 5.97 Å². The lowest BCUT2D eigenvalue weighted by Crippen LogP contribution is -1.98. The maximum absolute atomic E-state index is 10.7. The van der Waals surface area contributed by atoms with Gasteiger partial charge in [0.2, 0.25) is 0 Å². The summed E-state index contributed by atoms with van der Waals surface area (Å²) in [6.45, 7) is 0.950. The molecule has 0 unspecified atom stereocenters. The van der Waals surface area contributed by atoms with Gasteiger partial charge in [0.1, 0.15) is 0 Å². The van der Waals surface area contributed by atoms with Gasteiger partial charge in [-0.05, 0) is 28.8 Å². The van der Waals surface area contributed by atoms with Gasteiger partial charge in [0.15, 0.2) is 0 Å². The Morgan fingerprint density at radius 3 is 1.75 bits per heavy atom. The highest BCUT2D eigenvalue weighted by atomic mass is 16.5. The van der Waals surface area contributed by atoms with Gasteiger partial charge >= 0.3 is 5.97 Å². The fourth-order valence-electron chi connectivity index (χ4n) is 1.77. The van der Waals surface area contributed by atoms with Gasteiger partial charge in [0.25, 0.3) is 0 Å². The maximum atomic E-state index is 10.7. The molecule has 0 aliphatic carbocycles. The fourth-order valence-corrected chi connectivity index (χ4v) is 1.77. The highest BCUT2D eigenvalue weighted by Gasteiger charge is 2.02. The summed E-state index contributed by atoms with van der Waals surface area (Å²) >= 11 is 0. The third kappa shape index (κ3) is 3.91. The third-order valence-electron chi connectivity index (χ3n) is 2.94. The number of carbonyl (C=O) groups is 1. The second-order valence-electron chi connectivity index (χ2n) is 4.47. The number of benzene rings is 2. The number of aliphatic hydroxyl groups excluding tert-OH is 1. The van der Waals surface area contributed by atoms with Gasteiger partial charge in [-0.1, -0.05) is 36.4 Å². The van der Waals surface area contributed by atoms with Crippen molar-refractivity contribution in [3.63, 3.8) is 0 Å². The van der Waals surface area contributed by atoms with E-state index < -0.39 is 5.97 Å². The maximum Gasteiger partial charge on any atom is 0.335 e. The van der Waals surface area contributed by atoms with Crippen LogP contribution in [-0.2, 0) is 24.6 Å². The molecule has 0 heterocycles. The van der Waals surface area contributed by atoms with E-state index in [1.165, 1.54) is 0 Å². The lowest BCUT2D eigenvalue weighted by molar-refractivity contribution is 0.0696. The topological polar surface area (TPSA) is 66.8 Å². The van der Waals surface area contributed by atoms with Crippen molar-refractivity contribution in [3.8, 4) is 0 Å². The molecule has 0 saturated carbocycles. The Morgan fingerprint density at radius 2 is 1.30 bits per heavy atom.